The molecule has 0 bridgehead atoms. The van der Waals surface area contributed by atoms with E-state index in [9.17, 15) is 0 Å². The third-order valence-corrected chi connectivity index (χ3v) is 4.56. The fourth-order valence-corrected chi connectivity index (χ4v) is 2.88. The fourth-order valence-electron chi connectivity index (χ4n) is 2.88. The Morgan fingerprint density at radius 2 is 2.05 bits per heavy atom. The van der Waals surface area contributed by atoms with Crippen LogP contribution in [-0.4, -0.2) is 15.3 Å². The second kappa shape index (κ2) is 4.97. The van der Waals surface area contributed by atoms with Gasteiger partial charge in [-0.15, -0.1) is 0 Å². The van der Waals surface area contributed by atoms with Crippen molar-refractivity contribution in [3.05, 3.63) is 29.2 Å². The minimum Gasteiger partial charge on any atom is -0.361 e. The Hall–Kier alpha value is -1.65. The van der Waals surface area contributed by atoms with E-state index in [1.54, 1.807) is 0 Å². The molecule has 114 valence electrons. The van der Waals surface area contributed by atoms with E-state index in [1.807, 2.05) is 0 Å². The molecule has 21 heavy (non-hydrogen) atoms. The summed E-state index contributed by atoms with van der Waals surface area (Å²) in [6, 6.07) is 2.07. The van der Waals surface area contributed by atoms with Crippen LogP contribution in [0, 0.1) is 5.92 Å². The molecule has 2 unspecified atom stereocenters. The maximum absolute atomic E-state index is 5.54. The minimum atomic E-state index is -0.0519. The molecule has 2 aromatic heterocycles. The average Bonchev–Trinajstić information content (AvgIpc) is 2.92. The van der Waals surface area contributed by atoms with Crippen molar-refractivity contribution in [1.29, 1.82) is 0 Å². The summed E-state index contributed by atoms with van der Waals surface area (Å²) in [7, 11) is 0. The highest BCUT2D eigenvalue weighted by atomic mass is 16.5. The van der Waals surface area contributed by atoms with E-state index < -0.39 is 0 Å². The normalized spacial score (nSPS) is 22.0. The van der Waals surface area contributed by atoms with Crippen LogP contribution in [0.4, 0.5) is 0 Å². The molecule has 1 aliphatic rings. The molecule has 2 atom stereocenters. The van der Waals surface area contributed by atoms with Gasteiger partial charge in [-0.05, 0) is 18.8 Å². The van der Waals surface area contributed by atoms with Crippen molar-refractivity contribution in [1.82, 2.24) is 15.3 Å². The number of rotatable bonds is 5. The van der Waals surface area contributed by atoms with Gasteiger partial charge in [-0.3, -0.25) is 0 Å². The Morgan fingerprint density at radius 3 is 2.62 bits per heavy atom. The van der Waals surface area contributed by atoms with Crippen molar-refractivity contribution in [2.45, 2.75) is 64.7 Å². The average molecular weight is 289 g/mol. The lowest BCUT2D eigenvalue weighted by Crippen LogP contribution is -2.20. The van der Waals surface area contributed by atoms with Crippen LogP contribution in [-0.2, 0) is 11.8 Å². The van der Waals surface area contributed by atoms with Crippen LogP contribution in [0.25, 0.3) is 0 Å². The zero-order chi connectivity index (χ0) is 15.2. The molecular weight excluding hydrogens is 266 g/mol. The molecule has 0 saturated heterocycles. The van der Waals surface area contributed by atoms with Crippen molar-refractivity contribution in [3.63, 3.8) is 0 Å². The summed E-state index contributed by atoms with van der Waals surface area (Å²) in [6.45, 7) is 10.6. The third-order valence-electron chi connectivity index (χ3n) is 4.56. The summed E-state index contributed by atoms with van der Waals surface area (Å²) in [4.78, 5) is 4.53. The lowest BCUT2D eigenvalue weighted by molar-refractivity contribution is 0.288. The van der Waals surface area contributed by atoms with E-state index >= 15 is 0 Å². The number of aryl methyl sites for hydroxylation is 1. The standard InChI is InChI=1S/C16H23N3O2/c1-6-10-7-13(20-18-10)16(4,5)12-8-11(12)14-17-15(9(2)3)21-19-14/h7,9,11-12H,6,8H2,1-5H3. The van der Waals surface area contributed by atoms with E-state index in [-0.39, 0.29) is 11.3 Å². The second-order valence-corrected chi connectivity index (χ2v) is 6.85. The van der Waals surface area contributed by atoms with E-state index in [2.05, 4.69) is 56.0 Å². The number of nitrogens with zero attached hydrogens (tertiary/aromatic N) is 3. The predicted octanol–water partition coefficient (Wildman–Crippen LogP) is 3.82. The first-order valence-corrected chi connectivity index (χ1v) is 7.73. The molecular formula is C16H23N3O2. The highest BCUT2D eigenvalue weighted by Gasteiger charge is 2.53. The van der Waals surface area contributed by atoms with E-state index in [0.717, 1.165) is 36.0 Å². The van der Waals surface area contributed by atoms with Crippen molar-refractivity contribution >= 4 is 0 Å². The molecule has 0 aromatic carbocycles. The van der Waals surface area contributed by atoms with E-state index in [4.69, 9.17) is 9.05 Å². The molecule has 1 fully saturated rings. The van der Waals surface area contributed by atoms with Crippen LogP contribution >= 0.6 is 0 Å². The Kier molecular flexibility index (Phi) is 3.38. The van der Waals surface area contributed by atoms with Crippen LogP contribution in [0.3, 0.4) is 0 Å². The van der Waals surface area contributed by atoms with E-state index in [0.29, 0.717) is 11.8 Å². The monoisotopic (exact) mass is 289 g/mol. The van der Waals surface area contributed by atoms with Crippen LogP contribution in [0.5, 0.6) is 0 Å². The highest BCUT2D eigenvalue weighted by molar-refractivity contribution is 5.24. The smallest absolute Gasteiger partial charge is 0.229 e. The van der Waals surface area contributed by atoms with Gasteiger partial charge in [0, 0.05) is 23.3 Å². The first-order chi connectivity index (χ1) is 9.93. The molecule has 0 radical (unpaired) electrons. The van der Waals surface area contributed by atoms with Gasteiger partial charge in [-0.25, -0.2) is 0 Å². The summed E-state index contributed by atoms with van der Waals surface area (Å²) in [6.07, 6.45) is 1.97. The Bertz CT molecular complexity index is 627. The van der Waals surface area contributed by atoms with Crippen LogP contribution in [0.2, 0.25) is 0 Å². The summed E-state index contributed by atoms with van der Waals surface area (Å²) in [5, 5.41) is 8.26. The minimum absolute atomic E-state index is 0.0519. The fraction of sp³-hybridized carbons (Fsp3) is 0.688. The molecule has 0 N–H and O–H groups in total. The maximum atomic E-state index is 5.54. The lowest BCUT2D eigenvalue weighted by atomic mass is 9.83. The van der Waals surface area contributed by atoms with Gasteiger partial charge in [0.2, 0.25) is 5.89 Å². The van der Waals surface area contributed by atoms with Crippen molar-refractivity contribution < 1.29 is 9.05 Å². The largest absolute Gasteiger partial charge is 0.361 e. The molecule has 0 spiro atoms. The summed E-state index contributed by atoms with van der Waals surface area (Å²) >= 11 is 0. The zero-order valence-corrected chi connectivity index (χ0v) is 13.4. The molecule has 5 heteroatoms. The topological polar surface area (TPSA) is 65.0 Å². The Morgan fingerprint density at radius 1 is 1.29 bits per heavy atom. The van der Waals surface area contributed by atoms with Crippen molar-refractivity contribution in [3.8, 4) is 0 Å². The Labute approximate surface area is 125 Å². The van der Waals surface area contributed by atoms with Crippen LogP contribution in [0.15, 0.2) is 15.1 Å². The predicted molar refractivity (Wildman–Crippen MR) is 78.1 cm³/mol. The molecule has 0 aliphatic heterocycles. The van der Waals surface area contributed by atoms with Gasteiger partial charge in [-0.1, -0.05) is 44.9 Å². The van der Waals surface area contributed by atoms with Crippen LogP contribution in [0.1, 0.15) is 76.0 Å². The maximum Gasteiger partial charge on any atom is 0.229 e. The summed E-state index contributed by atoms with van der Waals surface area (Å²) in [5.74, 6) is 3.64. The third kappa shape index (κ3) is 2.49. The van der Waals surface area contributed by atoms with Gasteiger partial charge in [0.1, 0.15) is 5.76 Å². The SMILES string of the molecule is CCc1cc(C(C)(C)C2CC2c2noc(C(C)C)n2)on1. The summed E-state index contributed by atoms with van der Waals surface area (Å²) in [5.41, 5.74) is 0.959. The van der Waals surface area contributed by atoms with Gasteiger partial charge in [0.05, 0.1) is 5.69 Å². The second-order valence-electron chi connectivity index (χ2n) is 6.85. The number of hydrogen-bond acceptors (Lipinski definition) is 5. The van der Waals surface area contributed by atoms with Gasteiger partial charge >= 0.3 is 0 Å². The molecule has 3 rings (SSSR count). The van der Waals surface area contributed by atoms with Crippen LogP contribution < -0.4 is 0 Å². The molecule has 5 nitrogen and oxygen atoms in total. The molecule has 1 aliphatic carbocycles. The quantitative estimate of drug-likeness (QED) is 0.837. The summed E-state index contributed by atoms with van der Waals surface area (Å²) < 4.78 is 10.9. The molecule has 1 saturated carbocycles. The molecule has 2 heterocycles. The lowest BCUT2D eigenvalue weighted by Gasteiger charge is -2.20. The molecule has 2 aromatic rings. The first kappa shape index (κ1) is 14.3. The van der Waals surface area contributed by atoms with Gasteiger partial charge in [0.15, 0.2) is 5.82 Å². The number of aromatic nitrogens is 3. The van der Waals surface area contributed by atoms with Gasteiger partial charge in [0.25, 0.3) is 0 Å². The van der Waals surface area contributed by atoms with Gasteiger partial charge in [-0.2, -0.15) is 4.98 Å². The van der Waals surface area contributed by atoms with E-state index in [1.165, 1.54) is 0 Å². The molecule has 0 amide bonds. The number of hydrogen-bond donors (Lipinski definition) is 0. The van der Waals surface area contributed by atoms with Crippen molar-refractivity contribution in [2.24, 2.45) is 5.92 Å². The highest BCUT2D eigenvalue weighted by Crippen LogP contribution is 2.57. The zero-order valence-electron chi connectivity index (χ0n) is 13.4. The Balaban J connectivity index is 1.76. The van der Waals surface area contributed by atoms with Crippen molar-refractivity contribution in [2.75, 3.05) is 0 Å². The first-order valence-electron chi connectivity index (χ1n) is 7.73. The van der Waals surface area contributed by atoms with Gasteiger partial charge < -0.3 is 9.05 Å².